The van der Waals surface area contributed by atoms with Crippen LogP contribution in [-0.4, -0.2) is 13.1 Å². The molecule has 1 aliphatic heterocycles. The van der Waals surface area contributed by atoms with E-state index >= 15 is 0 Å². The molecule has 16 heavy (non-hydrogen) atoms. The molecule has 0 spiro atoms. The van der Waals surface area contributed by atoms with Gasteiger partial charge in [0, 0.05) is 0 Å². The molecule has 1 aromatic carbocycles. The third-order valence-corrected chi connectivity index (χ3v) is 3.47. The van der Waals surface area contributed by atoms with Crippen LogP contribution in [0, 0.1) is 18.7 Å². The predicted octanol–water partition coefficient (Wildman–Crippen LogP) is 3.33. The number of hydrogen-bond donors (Lipinski definition) is 1. The summed E-state index contributed by atoms with van der Waals surface area (Å²) in [5.74, 6) is 0.377. The zero-order chi connectivity index (χ0) is 11.5. The zero-order valence-corrected chi connectivity index (χ0v) is 10.3. The molecule has 1 heterocycles. The topological polar surface area (TPSA) is 12.0 Å². The van der Waals surface area contributed by atoms with Gasteiger partial charge in [-0.3, -0.25) is 0 Å². The van der Waals surface area contributed by atoms with Gasteiger partial charge >= 0.3 is 0 Å². The summed E-state index contributed by atoms with van der Waals surface area (Å²) in [6.45, 7) is 3.96. The lowest BCUT2D eigenvalue weighted by molar-refractivity contribution is 0.376. The molecule has 1 N–H and O–H groups in total. The first-order valence-corrected chi connectivity index (χ1v) is 6.20. The molecule has 1 atom stereocenters. The van der Waals surface area contributed by atoms with Gasteiger partial charge in [0.25, 0.3) is 0 Å². The second-order valence-corrected chi connectivity index (χ2v) is 5.03. The van der Waals surface area contributed by atoms with Gasteiger partial charge in [-0.15, -0.1) is 0 Å². The van der Waals surface area contributed by atoms with Crippen molar-refractivity contribution in [3.63, 3.8) is 0 Å². The van der Waals surface area contributed by atoms with Crippen molar-refractivity contribution in [1.29, 1.82) is 0 Å². The van der Waals surface area contributed by atoms with E-state index in [1.54, 1.807) is 13.0 Å². The Balaban J connectivity index is 2.09. The molecule has 0 bridgehead atoms. The Morgan fingerprint density at radius 1 is 1.50 bits per heavy atom. The summed E-state index contributed by atoms with van der Waals surface area (Å²) in [4.78, 5) is 0. The van der Waals surface area contributed by atoms with Crippen molar-refractivity contribution >= 4 is 11.6 Å². The maximum Gasteiger partial charge on any atom is 0.144 e. The summed E-state index contributed by atoms with van der Waals surface area (Å²) in [5.41, 5.74) is 1.80. The molecule has 0 aromatic heterocycles. The van der Waals surface area contributed by atoms with Crippen LogP contribution in [0.5, 0.6) is 0 Å². The number of halogens is 2. The number of nitrogens with one attached hydrogen (secondary N) is 1. The molecule has 1 unspecified atom stereocenters. The van der Waals surface area contributed by atoms with Gasteiger partial charge in [0.15, 0.2) is 0 Å². The third kappa shape index (κ3) is 2.74. The molecule has 0 amide bonds. The van der Waals surface area contributed by atoms with Crippen LogP contribution < -0.4 is 5.32 Å². The van der Waals surface area contributed by atoms with Crippen LogP contribution >= 0.6 is 11.6 Å². The molecule has 3 heteroatoms. The molecular formula is C13H17ClFN. The van der Waals surface area contributed by atoms with E-state index in [4.69, 9.17) is 11.6 Å². The van der Waals surface area contributed by atoms with Gasteiger partial charge in [0.2, 0.25) is 0 Å². The van der Waals surface area contributed by atoms with Crippen LogP contribution in [0.4, 0.5) is 4.39 Å². The van der Waals surface area contributed by atoms with E-state index in [1.807, 2.05) is 6.07 Å². The van der Waals surface area contributed by atoms with Gasteiger partial charge in [-0.05, 0) is 62.4 Å². The lowest BCUT2D eigenvalue weighted by Crippen LogP contribution is -2.30. The second-order valence-electron chi connectivity index (χ2n) is 4.63. The van der Waals surface area contributed by atoms with Crippen molar-refractivity contribution in [1.82, 2.24) is 5.32 Å². The summed E-state index contributed by atoms with van der Waals surface area (Å²) in [6.07, 6.45) is 3.48. The average molecular weight is 242 g/mol. The molecule has 1 saturated heterocycles. The highest BCUT2D eigenvalue weighted by molar-refractivity contribution is 6.30. The van der Waals surface area contributed by atoms with Crippen molar-refractivity contribution in [2.75, 3.05) is 13.1 Å². The Morgan fingerprint density at radius 2 is 2.31 bits per heavy atom. The molecule has 1 aromatic rings. The molecule has 1 fully saturated rings. The first-order chi connectivity index (χ1) is 7.66. The average Bonchev–Trinajstić information content (AvgIpc) is 2.27. The number of rotatable bonds is 2. The summed E-state index contributed by atoms with van der Waals surface area (Å²) in [5, 5.41) is 3.64. The Kier molecular flexibility index (Phi) is 3.82. The van der Waals surface area contributed by atoms with Crippen LogP contribution in [0.25, 0.3) is 0 Å². The maximum atomic E-state index is 13.3. The van der Waals surface area contributed by atoms with Crippen molar-refractivity contribution in [2.24, 2.45) is 5.92 Å². The van der Waals surface area contributed by atoms with E-state index in [2.05, 4.69) is 5.32 Å². The number of benzene rings is 1. The fourth-order valence-electron chi connectivity index (χ4n) is 2.35. The summed E-state index contributed by atoms with van der Waals surface area (Å²) in [6, 6.07) is 3.67. The van der Waals surface area contributed by atoms with Crippen molar-refractivity contribution in [3.8, 4) is 0 Å². The fourth-order valence-corrected chi connectivity index (χ4v) is 2.64. The summed E-state index contributed by atoms with van der Waals surface area (Å²) < 4.78 is 13.3. The molecule has 0 radical (unpaired) electrons. The van der Waals surface area contributed by atoms with Crippen LogP contribution in [0.15, 0.2) is 12.1 Å². The number of hydrogen-bond acceptors (Lipinski definition) is 1. The molecule has 1 nitrogen and oxygen atoms in total. The first kappa shape index (κ1) is 11.9. The smallest absolute Gasteiger partial charge is 0.144 e. The minimum atomic E-state index is -0.285. The van der Waals surface area contributed by atoms with Crippen molar-refractivity contribution in [3.05, 3.63) is 34.1 Å². The fraction of sp³-hybridized carbons (Fsp3) is 0.538. The van der Waals surface area contributed by atoms with Crippen molar-refractivity contribution < 1.29 is 4.39 Å². The van der Waals surface area contributed by atoms with E-state index in [0.717, 1.165) is 25.1 Å². The van der Waals surface area contributed by atoms with Crippen LogP contribution in [0.3, 0.4) is 0 Å². The van der Waals surface area contributed by atoms with E-state index in [1.165, 1.54) is 12.8 Å². The summed E-state index contributed by atoms with van der Waals surface area (Å²) >= 11 is 5.85. The quantitative estimate of drug-likeness (QED) is 0.838. The van der Waals surface area contributed by atoms with Gasteiger partial charge in [-0.1, -0.05) is 17.7 Å². The van der Waals surface area contributed by atoms with E-state index in [-0.39, 0.29) is 10.8 Å². The standard InChI is InChI=1S/C13H17ClFN/c1-9-5-11(7-12(14)13(9)15)6-10-3-2-4-16-8-10/h5,7,10,16H,2-4,6,8H2,1H3. The minimum absolute atomic E-state index is 0.249. The highest BCUT2D eigenvalue weighted by Crippen LogP contribution is 2.23. The van der Waals surface area contributed by atoms with Crippen molar-refractivity contribution in [2.45, 2.75) is 26.2 Å². The van der Waals surface area contributed by atoms with E-state index in [9.17, 15) is 4.39 Å². The molecule has 0 aliphatic carbocycles. The van der Waals surface area contributed by atoms with E-state index < -0.39 is 0 Å². The van der Waals surface area contributed by atoms with Gasteiger partial charge in [0.1, 0.15) is 5.82 Å². The van der Waals surface area contributed by atoms with Gasteiger partial charge < -0.3 is 5.32 Å². The molecule has 1 aliphatic rings. The highest BCUT2D eigenvalue weighted by Gasteiger charge is 2.15. The highest BCUT2D eigenvalue weighted by atomic mass is 35.5. The van der Waals surface area contributed by atoms with Gasteiger partial charge in [-0.25, -0.2) is 4.39 Å². The third-order valence-electron chi connectivity index (χ3n) is 3.19. The van der Waals surface area contributed by atoms with Gasteiger partial charge in [-0.2, -0.15) is 0 Å². The number of piperidine rings is 1. The largest absolute Gasteiger partial charge is 0.316 e. The Hall–Kier alpha value is -0.600. The van der Waals surface area contributed by atoms with E-state index in [0.29, 0.717) is 11.5 Å². The van der Waals surface area contributed by atoms with Crippen LogP contribution in [0.1, 0.15) is 24.0 Å². The first-order valence-electron chi connectivity index (χ1n) is 5.82. The Labute approximate surface area is 101 Å². The lowest BCUT2D eigenvalue weighted by atomic mass is 9.92. The second kappa shape index (κ2) is 5.15. The molecular weight excluding hydrogens is 225 g/mol. The number of aryl methyl sites for hydroxylation is 1. The molecule has 2 rings (SSSR count). The van der Waals surface area contributed by atoms with Gasteiger partial charge in [0.05, 0.1) is 5.02 Å². The van der Waals surface area contributed by atoms with Crippen LogP contribution in [0.2, 0.25) is 5.02 Å². The minimum Gasteiger partial charge on any atom is -0.316 e. The predicted molar refractivity (Wildman–Crippen MR) is 65.4 cm³/mol. The normalized spacial score (nSPS) is 21.1. The Bertz CT molecular complexity index is 349. The SMILES string of the molecule is Cc1cc(CC2CCCNC2)cc(Cl)c1F. The van der Waals surface area contributed by atoms with Crippen LogP contribution in [-0.2, 0) is 6.42 Å². The lowest BCUT2D eigenvalue weighted by Gasteiger charge is -2.23. The summed E-state index contributed by atoms with van der Waals surface area (Å²) in [7, 11) is 0. The Morgan fingerprint density at radius 3 is 2.94 bits per heavy atom. The maximum absolute atomic E-state index is 13.3. The zero-order valence-electron chi connectivity index (χ0n) is 9.52. The monoisotopic (exact) mass is 241 g/mol. The molecule has 88 valence electrons. The molecule has 0 saturated carbocycles.